The fraction of sp³-hybridized carbons (Fsp3) is 0.500. The van der Waals surface area contributed by atoms with Crippen LogP contribution in [0, 0.1) is 0 Å². The molecule has 0 spiro atoms. The van der Waals surface area contributed by atoms with E-state index in [0.29, 0.717) is 0 Å². The molecule has 0 saturated heterocycles. The molecular formula is C6H7F2N3O. The van der Waals surface area contributed by atoms with Gasteiger partial charge in [0.15, 0.2) is 5.54 Å². The van der Waals surface area contributed by atoms with E-state index in [1.165, 1.54) is 0 Å². The van der Waals surface area contributed by atoms with E-state index in [-0.39, 0.29) is 0 Å². The van der Waals surface area contributed by atoms with Gasteiger partial charge in [-0.1, -0.05) is 0 Å². The minimum Gasteiger partial charge on any atom is -0.370 e. The number of hydrogen-bond acceptors (Lipinski definition) is 3. The zero-order chi connectivity index (χ0) is 9.19. The van der Waals surface area contributed by atoms with E-state index >= 15 is 0 Å². The van der Waals surface area contributed by atoms with Crippen LogP contribution in [0.4, 0.5) is 8.78 Å². The summed E-state index contributed by atoms with van der Waals surface area (Å²) in [6.07, 6.45) is -1.05. The summed E-state index contributed by atoms with van der Waals surface area (Å²) < 4.78 is 24.7. The predicted octanol–water partition coefficient (Wildman–Crippen LogP) is 0.845. The van der Waals surface area contributed by atoms with E-state index < -0.39 is 24.3 Å². The molecule has 0 aromatic rings. The highest BCUT2D eigenvalue weighted by Gasteiger charge is 2.41. The number of primary amides is 1. The van der Waals surface area contributed by atoms with Gasteiger partial charge < -0.3 is 5.73 Å². The zero-order valence-corrected chi connectivity index (χ0v) is 6.08. The van der Waals surface area contributed by atoms with Gasteiger partial charge in [0.05, 0.1) is 6.42 Å². The Morgan fingerprint density at radius 2 is 2.33 bits per heavy atom. The van der Waals surface area contributed by atoms with Gasteiger partial charge in [0.1, 0.15) is 0 Å². The van der Waals surface area contributed by atoms with Crippen molar-refractivity contribution in [3.8, 4) is 0 Å². The summed E-state index contributed by atoms with van der Waals surface area (Å²) in [4.78, 5) is 10.4. The van der Waals surface area contributed by atoms with Gasteiger partial charge in [-0.2, -0.15) is 10.2 Å². The molecule has 12 heavy (non-hydrogen) atoms. The molecule has 0 aromatic carbocycles. The molecule has 0 bridgehead atoms. The van der Waals surface area contributed by atoms with Crippen LogP contribution in [0.25, 0.3) is 0 Å². The second-order valence-corrected chi connectivity index (χ2v) is 2.47. The number of halogens is 2. The van der Waals surface area contributed by atoms with Crippen molar-refractivity contribution in [1.29, 1.82) is 0 Å². The first-order chi connectivity index (χ1) is 5.57. The highest BCUT2D eigenvalue weighted by Crippen LogP contribution is 2.30. The smallest absolute Gasteiger partial charge is 0.269 e. The fourth-order valence-electron chi connectivity index (χ4n) is 0.903. The molecule has 1 rings (SSSR count). The van der Waals surface area contributed by atoms with E-state index in [1.807, 2.05) is 0 Å². The lowest BCUT2D eigenvalue weighted by molar-refractivity contribution is -0.120. The van der Waals surface area contributed by atoms with Gasteiger partial charge in [0, 0.05) is 6.20 Å². The molecular weight excluding hydrogens is 168 g/mol. The van der Waals surface area contributed by atoms with Crippen LogP contribution >= 0.6 is 0 Å². The molecule has 0 radical (unpaired) electrons. The van der Waals surface area contributed by atoms with Gasteiger partial charge in [-0.25, -0.2) is 8.78 Å². The van der Waals surface area contributed by atoms with Crippen molar-refractivity contribution in [3.05, 3.63) is 12.3 Å². The minimum absolute atomic E-state index is 0.509. The molecule has 66 valence electrons. The molecule has 2 N–H and O–H groups in total. The Morgan fingerprint density at radius 1 is 1.67 bits per heavy atom. The molecule has 0 aromatic heterocycles. The van der Waals surface area contributed by atoms with Crippen molar-refractivity contribution in [3.63, 3.8) is 0 Å². The summed E-state index contributed by atoms with van der Waals surface area (Å²) in [6.45, 7) is 0. The number of carbonyl (C=O) groups is 1. The van der Waals surface area contributed by atoms with E-state index in [2.05, 4.69) is 10.2 Å². The number of nitrogens with two attached hydrogens (primary N) is 1. The molecule has 0 aliphatic carbocycles. The highest BCUT2D eigenvalue weighted by atomic mass is 19.3. The fourth-order valence-corrected chi connectivity index (χ4v) is 0.903. The molecule has 1 aliphatic rings. The number of hydrogen-bond donors (Lipinski definition) is 1. The maximum atomic E-state index is 12.3. The molecule has 0 fully saturated rings. The molecule has 1 aliphatic heterocycles. The van der Waals surface area contributed by atoms with Crippen LogP contribution in [0.3, 0.4) is 0 Å². The maximum Gasteiger partial charge on any atom is 0.269 e. The van der Waals surface area contributed by atoms with Gasteiger partial charge in [-0.05, 0) is 6.08 Å². The second kappa shape index (κ2) is 2.96. The van der Waals surface area contributed by atoms with Crippen LogP contribution in [-0.4, -0.2) is 17.9 Å². The van der Waals surface area contributed by atoms with Crippen molar-refractivity contribution < 1.29 is 13.6 Å². The topological polar surface area (TPSA) is 67.8 Å². The Morgan fingerprint density at radius 3 is 2.67 bits per heavy atom. The van der Waals surface area contributed by atoms with Crippen LogP contribution in [-0.2, 0) is 4.79 Å². The monoisotopic (exact) mass is 175 g/mol. The number of azo groups is 1. The van der Waals surface area contributed by atoms with Gasteiger partial charge in [0.25, 0.3) is 6.43 Å². The largest absolute Gasteiger partial charge is 0.370 e. The van der Waals surface area contributed by atoms with E-state index in [4.69, 9.17) is 5.73 Å². The summed E-state index contributed by atoms with van der Waals surface area (Å²) in [6, 6.07) is 0. The molecule has 1 unspecified atom stereocenters. The zero-order valence-electron chi connectivity index (χ0n) is 6.08. The van der Waals surface area contributed by atoms with Crippen LogP contribution in [0.15, 0.2) is 22.5 Å². The Bertz CT molecular complexity index is 237. The lowest BCUT2D eigenvalue weighted by atomic mass is 9.97. The SMILES string of the molecule is NC(=O)CC1(C(F)F)C=CN=N1. The second-order valence-electron chi connectivity index (χ2n) is 2.47. The molecule has 6 heteroatoms. The average Bonchev–Trinajstić information content (AvgIpc) is 2.35. The van der Waals surface area contributed by atoms with Gasteiger partial charge in [-0.15, -0.1) is 0 Å². The number of nitrogens with zero attached hydrogens (tertiary/aromatic N) is 2. The minimum atomic E-state index is -2.76. The molecule has 1 atom stereocenters. The third-order valence-electron chi connectivity index (χ3n) is 1.51. The standard InChI is InChI=1S/C6H7F2N3O/c7-5(8)6(3-4(9)12)1-2-10-11-6/h1-2,5H,3H2,(H2,9,12). The number of carbonyl (C=O) groups excluding carboxylic acids is 1. The Balaban J connectivity index is 2.81. The quantitative estimate of drug-likeness (QED) is 0.678. The summed E-state index contributed by atoms with van der Waals surface area (Å²) in [5, 5.41) is 6.54. The van der Waals surface area contributed by atoms with Crippen molar-refractivity contribution in [2.45, 2.75) is 18.4 Å². The van der Waals surface area contributed by atoms with Crippen LogP contribution in [0.2, 0.25) is 0 Å². The number of rotatable bonds is 3. The normalized spacial score (nSPS) is 26.9. The Hall–Kier alpha value is -1.33. The summed E-state index contributed by atoms with van der Waals surface area (Å²) in [5.74, 6) is -0.819. The molecule has 0 saturated carbocycles. The van der Waals surface area contributed by atoms with Crippen molar-refractivity contribution in [2.24, 2.45) is 16.0 Å². The van der Waals surface area contributed by atoms with E-state index in [9.17, 15) is 13.6 Å². The Labute approximate surface area is 67.1 Å². The molecule has 1 amide bonds. The third kappa shape index (κ3) is 1.46. The molecule has 4 nitrogen and oxygen atoms in total. The summed E-state index contributed by atoms with van der Waals surface area (Å²) in [7, 11) is 0. The van der Waals surface area contributed by atoms with Gasteiger partial charge in [-0.3, -0.25) is 4.79 Å². The van der Waals surface area contributed by atoms with Crippen molar-refractivity contribution >= 4 is 5.91 Å². The molecule has 1 heterocycles. The first kappa shape index (κ1) is 8.76. The first-order valence-electron chi connectivity index (χ1n) is 3.23. The van der Waals surface area contributed by atoms with Gasteiger partial charge in [0.2, 0.25) is 5.91 Å². The maximum absolute atomic E-state index is 12.3. The van der Waals surface area contributed by atoms with Crippen molar-refractivity contribution in [1.82, 2.24) is 0 Å². The number of alkyl halides is 2. The third-order valence-corrected chi connectivity index (χ3v) is 1.51. The lowest BCUT2D eigenvalue weighted by Gasteiger charge is -2.18. The first-order valence-corrected chi connectivity index (χ1v) is 3.23. The average molecular weight is 175 g/mol. The highest BCUT2D eigenvalue weighted by molar-refractivity contribution is 5.75. The van der Waals surface area contributed by atoms with Crippen LogP contribution in [0.1, 0.15) is 6.42 Å². The van der Waals surface area contributed by atoms with E-state index in [0.717, 1.165) is 12.3 Å². The number of amides is 1. The van der Waals surface area contributed by atoms with E-state index in [1.54, 1.807) is 0 Å². The van der Waals surface area contributed by atoms with Crippen molar-refractivity contribution in [2.75, 3.05) is 0 Å². The summed E-state index contributed by atoms with van der Waals surface area (Å²) in [5.41, 5.74) is 2.97. The summed E-state index contributed by atoms with van der Waals surface area (Å²) >= 11 is 0. The van der Waals surface area contributed by atoms with Crippen LogP contribution in [0.5, 0.6) is 0 Å². The lowest BCUT2D eigenvalue weighted by Crippen LogP contribution is -2.36. The van der Waals surface area contributed by atoms with Gasteiger partial charge >= 0.3 is 0 Å². The van der Waals surface area contributed by atoms with Crippen LogP contribution < -0.4 is 5.73 Å². The predicted molar refractivity (Wildman–Crippen MR) is 36.5 cm³/mol. The Kier molecular flexibility index (Phi) is 2.16.